The number of anilines is 2. The molecule has 114 valence electrons. The number of ether oxygens (including phenoxy) is 1. The summed E-state index contributed by atoms with van der Waals surface area (Å²) in [6, 6.07) is 0.296. The zero-order valence-corrected chi connectivity index (χ0v) is 13.2. The largest absolute Gasteiger partial charge is 0.383 e. The summed E-state index contributed by atoms with van der Waals surface area (Å²) in [5, 5.41) is 6.87. The summed E-state index contributed by atoms with van der Waals surface area (Å²) in [6.07, 6.45) is 5.79. The third kappa shape index (κ3) is 4.96. The molecule has 5 heteroatoms. The molecule has 0 radical (unpaired) electrons. The van der Waals surface area contributed by atoms with Crippen LogP contribution in [0.25, 0.3) is 0 Å². The van der Waals surface area contributed by atoms with E-state index in [9.17, 15) is 0 Å². The van der Waals surface area contributed by atoms with Gasteiger partial charge in [-0.15, -0.1) is 0 Å². The molecule has 0 aliphatic rings. The zero-order chi connectivity index (χ0) is 14.8. The van der Waals surface area contributed by atoms with Crippen molar-refractivity contribution in [2.75, 3.05) is 30.9 Å². The Morgan fingerprint density at radius 2 is 1.90 bits per heavy atom. The molecule has 0 aliphatic carbocycles. The highest BCUT2D eigenvalue weighted by Gasteiger charge is 2.13. The predicted octanol–water partition coefficient (Wildman–Crippen LogP) is 3.09. The van der Waals surface area contributed by atoms with Crippen LogP contribution in [0.2, 0.25) is 0 Å². The summed E-state index contributed by atoms with van der Waals surface area (Å²) >= 11 is 0. The molecule has 1 aromatic heterocycles. The van der Waals surface area contributed by atoms with Crippen molar-refractivity contribution >= 4 is 11.6 Å². The molecule has 0 fully saturated rings. The van der Waals surface area contributed by atoms with Crippen LogP contribution >= 0.6 is 0 Å². The van der Waals surface area contributed by atoms with Gasteiger partial charge in [-0.2, -0.15) is 0 Å². The van der Waals surface area contributed by atoms with Crippen LogP contribution in [0.4, 0.5) is 11.6 Å². The van der Waals surface area contributed by atoms with Gasteiger partial charge in [0.2, 0.25) is 0 Å². The van der Waals surface area contributed by atoms with Crippen LogP contribution in [0.5, 0.6) is 0 Å². The first-order chi connectivity index (χ1) is 9.76. The average molecular weight is 280 g/mol. The van der Waals surface area contributed by atoms with Crippen LogP contribution in [0.15, 0.2) is 6.33 Å². The first kappa shape index (κ1) is 16.7. The number of hydrogen-bond acceptors (Lipinski definition) is 5. The molecule has 1 heterocycles. The summed E-state index contributed by atoms with van der Waals surface area (Å²) in [5.41, 5.74) is 1.15. The van der Waals surface area contributed by atoms with Gasteiger partial charge in [0.15, 0.2) is 0 Å². The van der Waals surface area contributed by atoms with Crippen molar-refractivity contribution in [1.82, 2.24) is 9.97 Å². The summed E-state index contributed by atoms with van der Waals surface area (Å²) in [7, 11) is 1.74. The van der Waals surface area contributed by atoms with Crippen molar-refractivity contribution in [2.45, 2.75) is 52.5 Å². The van der Waals surface area contributed by atoms with Gasteiger partial charge < -0.3 is 15.4 Å². The smallest absolute Gasteiger partial charge is 0.135 e. The van der Waals surface area contributed by atoms with Gasteiger partial charge in [0.1, 0.15) is 18.0 Å². The van der Waals surface area contributed by atoms with Crippen molar-refractivity contribution in [3.05, 3.63) is 11.9 Å². The van der Waals surface area contributed by atoms with Gasteiger partial charge in [0, 0.05) is 19.2 Å². The van der Waals surface area contributed by atoms with Crippen LogP contribution in [0, 0.1) is 0 Å². The molecule has 1 unspecified atom stereocenters. The first-order valence-electron chi connectivity index (χ1n) is 7.59. The lowest BCUT2D eigenvalue weighted by Gasteiger charge is -2.20. The highest BCUT2D eigenvalue weighted by molar-refractivity contribution is 5.57. The first-order valence-corrected chi connectivity index (χ1v) is 7.59. The van der Waals surface area contributed by atoms with Crippen molar-refractivity contribution in [3.63, 3.8) is 0 Å². The van der Waals surface area contributed by atoms with E-state index in [1.54, 1.807) is 13.4 Å². The van der Waals surface area contributed by atoms with Gasteiger partial charge in [-0.3, -0.25) is 0 Å². The Bertz CT molecular complexity index is 378. The molecule has 0 amide bonds. The fourth-order valence-corrected chi connectivity index (χ4v) is 2.21. The molecule has 1 atom stereocenters. The van der Waals surface area contributed by atoms with Gasteiger partial charge in [0.05, 0.1) is 12.6 Å². The van der Waals surface area contributed by atoms with E-state index < -0.39 is 0 Å². The number of aromatic nitrogens is 2. The number of rotatable bonds is 10. The molecule has 0 spiro atoms. The summed E-state index contributed by atoms with van der Waals surface area (Å²) < 4.78 is 5.28. The Morgan fingerprint density at radius 3 is 2.50 bits per heavy atom. The lowest BCUT2D eigenvalue weighted by Crippen LogP contribution is -2.26. The van der Waals surface area contributed by atoms with E-state index in [1.807, 2.05) is 0 Å². The Morgan fingerprint density at radius 1 is 1.15 bits per heavy atom. The molecular weight excluding hydrogens is 252 g/mol. The van der Waals surface area contributed by atoms with Gasteiger partial charge in [-0.1, -0.05) is 27.2 Å². The fraction of sp³-hybridized carbons (Fsp3) is 0.733. The minimum absolute atomic E-state index is 0.296. The SMILES string of the molecule is CCCNc1ncnc(NC(CCC)COC)c1CC. The third-order valence-corrected chi connectivity index (χ3v) is 3.19. The summed E-state index contributed by atoms with van der Waals surface area (Å²) in [5.74, 6) is 1.87. The van der Waals surface area contributed by atoms with Gasteiger partial charge >= 0.3 is 0 Å². The second-order valence-corrected chi connectivity index (χ2v) is 4.92. The van der Waals surface area contributed by atoms with Gasteiger partial charge in [0.25, 0.3) is 0 Å². The molecule has 0 aliphatic heterocycles. The monoisotopic (exact) mass is 280 g/mol. The van der Waals surface area contributed by atoms with Gasteiger partial charge in [-0.05, 0) is 19.3 Å². The molecular formula is C15H28N4O. The number of hydrogen-bond donors (Lipinski definition) is 2. The second-order valence-electron chi connectivity index (χ2n) is 4.92. The highest BCUT2D eigenvalue weighted by atomic mass is 16.5. The Balaban J connectivity index is 2.86. The van der Waals surface area contributed by atoms with Crippen molar-refractivity contribution in [1.29, 1.82) is 0 Å². The summed E-state index contributed by atoms with van der Waals surface area (Å²) in [4.78, 5) is 8.76. The van der Waals surface area contributed by atoms with Crippen molar-refractivity contribution in [3.8, 4) is 0 Å². The van der Waals surface area contributed by atoms with Crippen molar-refractivity contribution < 1.29 is 4.74 Å². The second kappa shape index (κ2) is 9.53. The fourth-order valence-electron chi connectivity index (χ4n) is 2.21. The average Bonchev–Trinajstić information content (AvgIpc) is 2.45. The third-order valence-electron chi connectivity index (χ3n) is 3.19. The maximum Gasteiger partial charge on any atom is 0.135 e. The van der Waals surface area contributed by atoms with E-state index >= 15 is 0 Å². The van der Waals surface area contributed by atoms with Crippen LogP contribution in [0.3, 0.4) is 0 Å². The lowest BCUT2D eigenvalue weighted by molar-refractivity contribution is 0.182. The normalized spacial score (nSPS) is 12.2. The van der Waals surface area contributed by atoms with Crippen LogP contribution < -0.4 is 10.6 Å². The van der Waals surface area contributed by atoms with Gasteiger partial charge in [-0.25, -0.2) is 9.97 Å². The van der Waals surface area contributed by atoms with E-state index in [-0.39, 0.29) is 0 Å². The molecule has 20 heavy (non-hydrogen) atoms. The number of nitrogens with one attached hydrogen (secondary N) is 2. The van der Waals surface area contributed by atoms with E-state index in [2.05, 4.69) is 41.4 Å². The van der Waals surface area contributed by atoms with Crippen LogP contribution in [-0.2, 0) is 11.2 Å². The molecule has 0 saturated heterocycles. The Labute approximate surface area is 122 Å². The maximum absolute atomic E-state index is 5.28. The van der Waals surface area contributed by atoms with Crippen molar-refractivity contribution in [2.24, 2.45) is 0 Å². The molecule has 0 aromatic carbocycles. The predicted molar refractivity (Wildman–Crippen MR) is 84.4 cm³/mol. The quantitative estimate of drug-likeness (QED) is 0.689. The molecule has 2 N–H and O–H groups in total. The zero-order valence-electron chi connectivity index (χ0n) is 13.2. The number of nitrogens with zero attached hydrogens (tertiary/aromatic N) is 2. The van der Waals surface area contributed by atoms with E-state index in [4.69, 9.17) is 4.74 Å². The van der Waals surface area contributed by atoms with Crippen LogP contribution in [-0.4, -0.2) is 36.3 Å². The molecule has 1 aromatic rings. The Kier molecular flexibility index (Phi) is 7.95. The van der Waals surface area contributed by atoms with E-state index in [0.717, 1.165) is 49.4 Å². The highest BCUT2D eigenvalue weighted by Crippen LogP contribution is 2.21. The Hall–Kier alpha value is -1.36. The summed E-state index contributed by atoms with van der Waals surface area (Å²) in [6.45, 7) is 8.08. The minimum Gasteiger partial charge on any atom is -0.383 e. The standard InChI is InChI=1S/C15H28N4O/c1-5-8-12(10-20-4)19-15-13(7-3)14(16-9-6-2)17-11-18-15/h11-12H,5-10H2,1-4H3,(H2,16,17,18,19). The topological polar surface area (TPSA) is 59.1 Å². The number of methoxy groups -OCH3 is 1. The lowest BCUT2D eigenvalue weighted by atomic mass is 10.1. The van der Waals surface area contributed by atoms with Crippen LogP contribution in [0.1, 0.15) is 45.6 Å². The molecule has 0 saturated carbocycles. The molecule has 1 rings (SSSR count). The van der Waals surface area contributed by atoms with E-state index in [1.165, 1.54) is 0 Å². The maximum atomic E-state index is 5.28. The van der Waals surface area contributed by atoms with E-state index in [0.29, 0.717) is 12.6 Å². The minimum atomic E-state index is 0.296. The molecule has 5 nitrogen and oxygen atoms in total. The molecule has 0 bridgehead atoms.